The Labute approximate surface area is 118 Å². The number of aliphatic hydroxyl groups is 1. The van der Waals surface area contributed by atoms with Gasteiger partial charge in [0.25, 0.3) is 0 Å². The molecular weight excluding hydrogens is 252 g/mol. The van der Waals surface area contributed by atoms with Gasteiger partial charge in [0.15, 0.2) is 0 Å². The van der Waals surface area contributed by atoms with Crippen molar-refractivity contribution >= 4 is 11.8 Å². The van der Waals surface area contributed by atoms with Crippen LogP contribution in [0.3, 0.4) is 0 Å². The third-order valence-corrected chi connectivity index (χ3v) is 4.93. The van der Waals surface area contributed by atoms with E-state index in [1.54, 1.807) is 0 Å². The number of fused-ring (bicyclic) bond motifs is 1. The van der Waals surface area contributed by atoms with Crippen LogP contribution in [0.2, 0.25) is 0 Å². The van der Waals surface area contributed by atoms with E-state index in [2.05, 4.69) is 49.4 Å². The van der Waals surface area contributed by atoms with Crippen LogP contribution in [0.4, 0.5) is 0 Å². The Morgan fingerprint density at radius 1 is 1.05 bits per heavy atom. The Morgan fingerprint density at radius 2 is 1.84 bits per heavy atom. The smallest absolute Gasteiger partial charge is 0.0803 e. The zero-order valence-electron chi connectivity index (χ0n) is 11.0. The van der Waals surface area contributed by atoms with Gasteiger partial charge in [0.2, 0.25) is 0 Å². The molecule has 0 fully saturated rings. The molecule has 0 amide bonds. The Bertz CT molecular complexity index is 565. The second kappa shape index (κ2) is 5.40. The number of rotatable bonds is 1. The molecule has 2 heteroatoms. The first-order valence-corrected chi connectivity index (χ1v) is 7.77. The van der Waals surface area contributed by atoms with E-state index in [1.165, 1.54) is 16.7 Å². The van der Waals surface area contributed by atoms with Crippen molar-refractivity contribution in [3.8, 4) is 11.1 Å². The van der Waals surface area contributed by atoms with Gasteiger partial charge in [-0.25, -0.2) is 0 Å². The van der Waals surface area contributed by atoms with Gasteiger partial charge in [-0.05, 0) is 34.7 Å². The lowest BCUT2D eigenvalue weighted by Gasteiger charge is -2.14. The van der Waals surface area contributed by atoms with Crippen molar-refractivity contribution < 1.29 is 5.11 Å². The first-order valence-electron chi connectivity index (χ1n) is 6.72. The van der Waals surface area contributed by atoms with E-state index in [1.807, 2.05) is 17.8 Å². The molecule has 1 N–H and O–H groups in total. The summed E-state index contributed by atoms with van der Waals surface area (Å²) in [4.78, 5) is 0. The van der Waals surface area contributed by atoms with E-state index in [-0.39, 0.29) is 6.10 Å². The molecule has 0 aliphatic carbocycles. The highest BCUT2D eigenvalue weighted by Crippen LogP contribution is 2.36. The SMILES string of the molecule is CC1C[C@@H](O)c2cc(-c3ccccc3)ccc2CS1. The second-order valence-electron chi connectivity index (χ2n) is 5.15. The first kappa shape index (κ1) is 12.8. The quantitative estimate of drug-likeness (QED) is 0.828. The van der Waals surface area contributed by atoms with Gasteiger partial charge in [-0.3, -0.25) is 0 Å². The fraction of sp³-hybridized carbons (Fsp3) is 0.294. The summed E-state index contributed by atoms with van der Waals surface area (Å²) in [6.45, 7) is 2.19. The third kappa shape index (κ3) is 2.70. The predicted octanol–water partition coefficient (Wildman–Crippen LogP) is 4.41. The van der Waals surface area contributed by atoms with Crippen LogP contribution in [0, 0.1) is 0 Å². The minimum absolute atomic E-state index is 0.330. The number of thioether (sulfide) groups is 1. The molecule has 1 unspecified atom stereocenters. The highest BCUT2D eigenvalue weighted by Gasteiger charge is 2.21. The minimum atomic E-state index is -0.330. The molecule has 1 heterocycles. The van der Waals surface area contributed by atoms with E-state index >= 15 is 0 Å². The van der Waals surface area contributed by atoms with Gasteiger partial charge in [-0.15, -0.1) is 0 Å². The third-order valence-electron chi connectivity index (χ3n) is 3.69. The average Bonchev–Trinajstić information content (AvgIpc) is 2.59. The van der Waals surface area contributed by atoms with Crippen molar-refractivity contribution in [1.82, 2.24) is 0 Å². The molecule has 1 nitrogen and oxygen atoms in total. The van der Waals surface area contributed by atoms with Crippen LogP contribution < -0.4 is 0 Å². The summed E-state index contributed by atoms with van der Waals surface area (Å²) in [6, 6.07) is 16.9. The molecule has 19 heavy (non-hydrogen) atoms. The molecule has 0 spiro atoms. The Balaban J connectivity index is 2.02. The minimum Gasteiger partial charge on any atom is -0.388 e. The largest absolute Gasteiger partial charge is 0.388 e. The van der Waals surface area contributed by atoms with Crippen molar-refractivity contribution in [3.05, 3.63) is 59.7 Å². The maximum atomic E-state index is 10.4. The summed E-state index contributed by atoms with van der Waals surface area (Å²) in [5.41, 5.74) is 4.79. The lowest BCUT2D eigenvalue weighted by atomic mass is 9.95. The van der Waals surface area contributed by atoms with Crippen LogP contribution in [0.25, 0.3) is 11.1 Å². The predicted molar refractivity (Wildman–Crippen MR) is 82.2 cm³/mol. The molecule has 0 bridgehead atoms. The fourth-order valence-corrected chi connectivity index (χ4v) is 3.63. The molecule has 2 aromatic rings. The van der Waals surface area contributed by atoms with E-state index in [0.717, 1.165) is 17.7 Å². The van der Waals surface area contributed by atoms with E-state index < -0.39 is 0 Å². The maximum Gasteiger partial charge on any atom is 0.0803 e. The van der Waals surface area contributed by atoms with E-state index in [4.69, 9.17) is 0 Å². The van der Waals surface area contributed by atoms with Crippen molar-refractivity contribution in [1.29, 1.82) is 0 Å². The van der Waals surface area contributed by atoms with Gasteiger partial charge in [-0.2, -0.15) is 11.8 Å². The second-order valence-corrected chi connectivity index (χ2v) is 6.58. The number of hydrogen-bond acceptors (Lipinski definition) is 2. The Kier molecular flexibility index (Phi) is 3.63. The van der Waals surface area contributed by atoms with Crippen molar-refractivity contribution in [2.45, 2.75) is 30.5 Å². The molecule has 98 valence electrons. The van der Waals surface area contributed by atoms with Gasteiger partial charge in [0, 0.05) is 11.0 Å². The zero-order chi connectivity index (χ0) is 13.2. The van der Waals surface area contributed by atoms with Gasteiger partial charge in [-0.1, -0.05) is 49.4 Å². The van der Waals surface area contributed by atoms with Crippen LogP contribution in [-0.4, -0.2) is 10.4 Å². The summed E-state index contributed by atoms with van der Waals surface area (Å²) in [7, 11) is 0. The molecule has 0 aromatic heterocycles. The normalized spacial score (nSPS) is 22.6. The number of hydrogen-bond donors (Lipinski definition) is 1. The lowest BCUT2D eigenvalue weighted by molar-refractivity contribution is 0.168. The molecule has 3 rings (SSSR count). The van der Waals surface area contributed by atoms with Gasteiger partial charge in [0.05, 0.1) is 6.10 Å². The lowest BCUT2D eigenvalue weighted by Crippen LogP contribution is -2.03. The van der Waals surface area contributed by atoms with Crippen LogP contribution >= 0.6 is 11.8 Å². The first-order chi connectivity index (χ1) is 9.24. The van der Waals surface area contributed by atoms with Gasteiger partial charge in [0.1, 0.15) is 0 Å². The molecule has 2 aromatic carbocycles. The molecule has 0 saturated heterocycles. The van der Waals surface area contributed by atoms with Crippen LogP contribution in [0.15, 0.2) is 48.5 Å². The van der Waals surface area contributed by atoms with Gasteiger partial charge < -0.3 is 5.11 Å². The van der Waals surface area contributed by atoms with Crippen molar-refractivity contribution in [2.75, 3.05) is 0 Å². The molecular formula is C17H18OS. The van der Waals surface area contributed by atoms with Crippen LogP contribution in [-0.2, 0) is 5.75 Å². The van der Waals surface area contributed by atoms with Crippen molar-refractivity contribution in [2.24, 2.45) is 0 Å². The maximum absolute atomic E-state index is 10.4. The molecule has 0 saturated carbocycles. The van der Waals surface area contributed by atoms with Crippen LogP contribution in [0.1, 0.15) is 30.6 Å². The Hall–Kier alpha value is -1.25. The topological polar surface area (TPSA) is 20.2 Å². The van der Waals surface area contributed by atoms with Crippen molar-refractivity contribution in [3.63, 3.8) is 0 Å². The Morgan fingerprint density at radius 3 is 2.63 bits per heavy atom. The summed E-state index contributed by atoms with van der Waals surface area (Å²) in [5.74, 6) is 1.00. The summed E-state index contributed by atoms with van der Waals surface area (Å²) >= 11 is 1.93. The molecule has 0 radical (unpaired) electrons. The summed E-state index contributed by atoms with van der Waals surface area (Å²) in [5, 5.41) is 10.9. The standard InChI is InChI=1S/C17H18OS/c1-12-9-17(18)16-10-14(7-8-15(16)11-19-12)13-5-3-2-4-6-13/h2-8,10,12,17-18H,9,11H2,1H3/t12?,17-/m1/s1. The fourth-order valence-electron chi connectivity index (χ4n) is 2.59. The monoisotopic (exact) mass is 270 g/mol. The van der Waals surface area contributed by atoms with Crippen LogP contribution in [0.5, 0.6) is 0 Å². The molecule has 2 atom stereocenters. The average molecular weight is 270 g/mol. The molecule has 1 aliphatic rings. The summed E-state index contributed by atoms with van der Waals surface area (Å²) in [6.07, 6.45) is 0.513. The number of benzene rings is 2. The zero-order valence-corrected chi connectivity index (χ0v) is 11.9. The van der Waals surface area contributed by atoms with E-state index in [0.29, 0.717) is 5.25 Å². The van der Waals surface area contributed by atoms with Gasteiger partial charge >= 0.3 is 0 Å². The molecule has 1 aliphatic heterocycles. The highest BCUT2D eigenvalue weighted by molar-refractivity contribution is 7.99. The summed E-state index contributed by atoms with van der Waals surface area (Å²) < 4.78 is 0. The van der Waals surface area contributed by atoms with E-state index in [9.17, 15) is 5.11 Å². The number of aliphatic hydroxyl groups excluding tert-OH is 1. The highest BCUT2D eigenvalue weighted by atomic mass is 32.2.